The maximum atomic E-state index is 12.3. The lowest BCUT2D eigenvalue weighted by Gasteiger charge is -2.17. The number of nitrogens with one attached hydrogen (secondary N) is 1. The average Bonchev–Trinajstić information content (AvgIpc) is 3.02. The zero-order valence-corrected chi connectivity index (χ0v) is 15.1. The molecule has 0 saturated carbocycles. The van der Waals surface area contributed by atoms with Gasteiger partial charge in [0.15, 0.2) is 0 Å². The third kappa shape index (κ3) is 4.04. The largest absolute Gasteiger partial charge is 0.327 e. The number of rotatable bonds is 4. The maximum Gasteiger partial charge on any atom is 0.318 e. The fourth-order valence-electron chi connectivity index (χ4n) is 2.81. The molecule has 0 spiro atoms. The van der Waals surface area contributed by atoms with E-state index >= 15 is 0 Å². The van der Waals surface area contributed by atoms with Crippen LogP contribution in [0.4, 0.5) is 4.79 Å². The van der Waals surface area contributed by atoms with Gasteiger partial charge in [0.05, 0.1) is 24.1 Å². The highest BCUT2D eigenvalue weighted by Gasteiger charge is 2.14. The lowest BCUT2D eigenvalue weighted by Crippen LogP contribution is -2.37. The van der Waals surface area contributed by atoms with Gasteiger partial charge in [-0.25, -0.2) is 9.78 Å². The molecule has 5 nitrogen and oxygen atoms in total. The molecule has 0 saturated heterocycles. The zero-order valence-electron chi connectivity index (χ0n) is 15.1. The van der Waals surface area contributed by atoms with Crippen molar-refractivity contribution in [3.05, 3.63) is 66.0 Å². The Morgan fingerprint density at radius 1 is 1.15 bits per heavy atom. The van der Waals surface area contributed by atoms with Crippen molar-refractivity contribution in [2.45, 2.75) is 20.0 Å². The van der Waals surface area contributed by atoms with Crippen molar-refractivity contribution in [2.75, 3.05) is 13.6 Å². The van der Waals surface area contributed by atoms with Crippen LogP contribution < -0.4 is 5.32 Å². The summed E-state index contributed by atoms with van der Waals surface area (Å²) in [5.41, 5.74) is 2.98. The Labute approximate surface area is 153 Å². The van der Waals surface area contributed by atoms with Gasteiger partial charge in [-0.2, -0.15) is 0 Å². The molecule has 26 heavy (non-hydrogen) atoms. The Morgan fingerprint density at radius 2 is 1.88 bits per heavy atom. The number of aromatic nitrogens is 2. The van der Waals surface area contributed by atoms with E-state index < -0.39 is 0 Å². The molecular weight excluding hydrogens is 324 g/mol. The van der Waals surface area contributed by atoms with Crippen LogP contribution in [0.5, 0.6) is 0 Å². The van der Waals surface area contributed by atoms with Crippen molar-refractivity contribution in [3.8, 4) is 11.8 Å². The quantitative estimate of drug-likeness (QED) is 0.737. The number of urea groups is 1. The monoisotopic (exact) mass is 346 g/mol. The molecule has 0 bridgehead atoms. The van der Waals surface area contributed by atoms with E-state index in [4.69, 9.17) is 0 Å². The van der Waals surface area contributed by atoms with E-state index in [2.05, 4.69) is 39.7 Å². The molecule has 2 amide bonds. The Balaban J connectivity index is 1.60. The standard InChI is InChI=1S/C21H22N4O/c1-3-25-19-14-8-7-13-18(19)23-20(25)16-24(2)21(26)22-15-9-12-17-10-5-4-6-11-17/h4-8,10-11,13-14H,3,15-16H2,1-2H3,(H,22,26). The highest BCUT2D eigenvalue weighted by Crippen LogP contribution is 2.16. The number of nitrogens with zero attached hydrogens (tertiary/aromatic N) is 3. The number of hydrogen-bond donors (Lipinski definition) is 1. The van der Waals surface area contributed by atoms with Crippen molar-refractivity contribution in [1.82, 2.24) is 19.8 Å². The summed E-state index contributed by atoms with van der Waals surface area (Å²) in [5, 5.41) is 2.82. The fraction of sp³-hybridized carbons (Fsp3) is 0.238. The third-order valence-corrected chi connectivity index (χ3v) is 4.11. The Kier molecular flexibility index (Phi) is 5.55. The fourth-order valence-corrected chi connectivity index (χ4v) is 2.81. The number of hydrogen-bond acceptors (Lipinski definition) is 2. The third-order valence-electron chi connectivity index (χ3n) is 4.11. The summed E-state index contributed by atoms with van der Waals surface area (Å²) >= 11 is 0. The smallest absolute Gasteiger partial charge is 0.318 e. The molecule has 5 heteroatoms. The molecule has 0 atom stereocenters. The maximum absolute atomic E-state index is 12.3. The first-order valence-electron chi connectivity index (χ1n) is 8.66. The van der Waals surface area contributed by atoms with Gasteiger partial charge in [-0.05, 0) is 31.2 Å². The number of imidazole rings is 1. The van der Waals surface area contributed by atoms with E-state index in [1.54, 1.807) is 11.9 Å². The molecular formula is C21H22N4O. The molecule has 0 aliphatic rings. The number of carbonyl (C=O) groups excluding carboxylic acids is 1. The van der Waals surface area contributed by atoms with Gasteiger partial charge in [0, 0.05) is 19.2 Å². The van der Waals surface area contributed by atoms with E-state index in [9.17, 15) is 4.79 Å². The molecule has 3 rings (SSSR count). The van der Waals surface area contributed by atoms with Crippen molar-refractivity contribution < 1.29 is 4.79 Å². The van der Waals surface area contributed by atoms with E-state index in [-0.39, 0.29) is 6.03 Å². The summed E-state index contributed by atoms with van der Waals surface area (Å²) in [5.74, 6) is 6.87. The van der Waals surface area contributed by atoms with E-state index in [1.165, 1.54) is 0 Å². The second-order valence-electron chi connectivity index (χ2n) is 5.94. The van der Waals surface area contributed by atoms with Gasteiger partial charge in [0.2, 0.25) is 0 Å². The summed E-state index contributed by atoms with van der Waals surface area (Å²) in [7, 11) is 1.76. The summed E-state index contributed by atoms with van der Waals surface area (Å²) in [4.78, 5) is 18.6. The Hall–Kier alpha value is -3.26. The summed E-state index contributed by atoms with van der Waals surface area (Å²) < 4.78 is 2.13. The molecule has 0 aliphatic heterocycles. The van der Waals surface area contributed by atoms with Gasteiger partial charge in [-0.1, -0.05) is 42.2 Å². The SMILES string of the molecule is CCn1c(CN(C)C(=O)NCC#Cc2ccccc2)nc2ccccc21. The molecule has 0 radical (unpaired) electrons. The van der Waals surface area contributed by atoms with Gasteiger partial charge in [0.25, 0.3) is 0 Å². The van der Waals surface area contributed by atoms with Crippen molar-refractivity contribution >= 4 is 17.1 Å². The van der Waals surface area contributed by atoms with Crippen LogP contribution in [-0.4, -0.2) is 34.1 Å². The van der Waals surface area contributed by atoms with Crippen LogP contribution in [0.2, 0.25) is 0 Å². The molecule has 0 fully saturated rings. The van der Waals surface area contributed by atoms with E-state index in [0.717, 1.165) is 29.0 Å². The number of aryl methyl sites for hydroxylation is 1. The highest BCUT2D eigenvalue weighted by molar-refractivity contribution is 5.77. The number of amides is 2. The first-order valence-corrected chi connectivity index (χ1v) is 8.66. The van der Waals surface area contributed by atoms with Gasteiger partial charge in [-0.15, -0.1) is 0 Å². The molecule has 1 aromatic heterocycles. The number of carbonyl (C=O) groups is 1. The second-order valence-corrected chi connectivity index (χ2v) is 5.94. The minimum absolute atomic E-state index is 0.165. The summed E-state index contributed by atoms with van der Waals surface area (Å²) in [6.07, 6.45) is 0. The van der Waals surface area contributed by atoms with Crippen LogP contribution in [0, 0.1) is 11.8 Å². The first kappa shape index (κ1) is 17.6. The van der Waals surface area contributed by atoms with Crippen LogP contribution in [0.15, 0.2) is 54.6 Å². The first-order chi connectivity index (χ1) is 12.7. The van der Waals surface area contributed by atoms with Gasteiger partial charge in [0.1, 0.15) is 5.82 Å². The van der Waals surface area contributed by atoms with Crippen molar-refractivity contribution in [3.63, 3.8) is 0 Å². The lowest BCUT2D eigenvalue weighted by molar-refractivity contribution is 0.206. The average molecular weight is 346 g/mol. The van der Waals surface area contributed by atoms with Gasteiger partial charge in [-0.3, -0.25) is 0 Å². The Bertz CT molecular complexity index is 950. The molecule has 0 unspecified atom stereocenters. The van der Waals surface area contributed by atoms with Crippen LogP contribution in [0.25, 0.3) is 11.0 Å². The number of para-hydroxylation sites is 2. The molecule has 0 aliphatic carbocycles. The summed E-state index contributed by atoms with van der Waals surface area (Å²) in [6, 6.07) is 17.6. The van der Waals surface area contributed by atoms with Crippen LogP contribution in [0.1, 0.15) is 18.3 Å². The summed E-state index contributed by atoms with van der Waals surface area (Å²) in [6.45, 7) is 3.65. The predicted molar refractivity (Wildman–Crippen MR) is 104 cm³/mol. The van der Waals surface area contributed by atoms with E-state index in [0.29, 0.717) is 13.1 Å². The van der Waals surface area contributed by atoms with Crippen LogP contribution in [-0.2, 0) is 13.1 Å². The topological polar surface area (TPSA) is 50.2 Å². The number of fused-ring (bicyclic) bond motifs is 1. The van der Waals surface area contributed by atoms with Crippen molar-refractivity contribution in [1.29, 1.82) is 0 Å². The predicted octanol–water partition coefficient (Wildman–Crippen LogP) is 3.25. The zero-order chi connectivity index (χ0) is 18.4. The van der Waals surface area contributed by atoms with Gasteiger partial charge >= 0.3 is 6.03 Å². The van der Waals surface area contributed by atoms with E-state index in [1.807, 2.05) is 48.5 Å². The normalized spacial score (nSPS) is 10.2. The number of benzene rings is 2. The Morgan fingerprint density at radius 3 is 2.65 bits per heavy atom. The molecule has 1 N–H and O–H groups in total. The minimum Gasteiger partial charge on any atom is -0.327 e. The van der Waals surface area contributed by atoms with Crippen LogP contribution in [0.3, 0.4) is 0 Å². The molecule has 132 valence electrons. The highest BCUT2D eigenvalue weighted by atomic mass is 16.2. The second kappa shape index (κ2) is 8.21. The van der Waals surface area contributed by atoms with Crippen molar-refractivity contribution in [2.24, 2.45) is 0 Å². The minimum atomic E-state index is -0.165. The molecule has 2 aromatic carbocycles. The van der Waals surface area contributed by atoms with Gasteiger partial charge < -0.3 is 14.8 Å². The molecule has 1 heterocycles. The van der Waals surface area contributed by atoms with Crippen LogP contribution >= 0.6 is 0 Å². The lowest BCUT2D eigenvalue weighted by atomic mass is 10.2. The molecule has 3 aromatic rings.